The van der Waals surface area contributed by atoms with Crippen LogP contribution in [-0.2, 0) is 11.3 Å². The SMILES string of the molecule is Cc1ccc(OC(F)F)c(-c2nn(CC(=O)N3CCC(N(CC4=CCCC=C4)CC(F)(F)F)CC3)cc2NC(=O)c2cnn3cccnc23)c1. The molecule has 0 spiro atoms. The molecule has 4 heterocycles. The first-order valence-corrected chi connectivity index (χ1v) is 16.1. The van der Waals surface area contributed by atoms with Crippen molar-refractivity contribution < 1.29 is 36.3 Å². The number of likely N-dealkylation sites (tertiary alicyclic amines) is 1. The number of benzene rings is 1. The number of hydrogen-bond acceptors (Lipinski definition) is 7. The molecule has 2 aliphatic rings. The summed E-state index contributed by atoms with van der Waals surface area (Å²) in [5.41, 5.74) is 2.36. The summed E-state index contributed by atoms with van der Waals surface area (Å²) in [6.07, 6.45) is 9.69. The van der Waals surface area contributed by atoms with Gasteiger partial charge in [0.2, 0.25) is 5.91 Å². The molecular formula is C34H35F5N8O3. The molecule has 0 atom stereocenters. The summed E-state index contributed by atoms with van der Waals surface area (Å²) in [6.45, 7) is -2.02. The van der Waals surface area contributed by atoms with Crippen LogP contribution in [0.15, 0.2) is 72.9 Å². The van der Waals surface area contributed by atoms with E-state index in [1.54, 1.807) is 36.2 Å². The maximum absolute atomic E-state index is 13.5. The number of allylic oxidation sites excluding steroid dienone is 2. The lowest BCUT2D eigenvalue weighted by Crippen LogP contribution is -2.50. The molecular weight excluding hydrogens is 663 g/mol. The normalized spacial score (nSPS) is 15.6. The highest BCUT2D eigenvalue weighted by Gasteiger charge is 2.36. The molecule has 1 aliphatic carbocycles. The number of hydrogen-bond donors (Lipinski definition) is 1. The van der Waals surface area contributed by atoms with Gasteiger partial charge >= 0.3 is 12.8 Å². The van der Waals surface area contributed by atoms with Crippen molar-refractivity contribution in [3.8, 4) is 17.0 Å². The van der Waals surface area contributed by atoms with Gasteiger partial charge in [-0.15, -0.1) is 0 Å². The van der Waals surface area contributed by atoms with E-state index in [1.807, 2.05) is 18.2 Å². The Balaban J connectivity index is 1.21. The molecule has 1 aromatic carbocycles. The average molecular weight is 699 g/mol. The van der Waals surface area contributed by atoms with Crippen molar-refractivity contribution in [1.29, 1.82) is 0 Å². The van der Waals surface area contributed by atoms with Gasteiger partial charge in [0.05, 0.1) is 18.4 Å². The van der Waals surface area contributed by atoms with Crippen LogP contribution in [0.5, 0.6) is 5.75 Å². The highest BCUT2D eigenvalue weighted by molar-refractivity contribution is 6.09. The quantitative estimate of drug-likeness (QED) is 0.195. The van der Waals surface area contributed by atoms with Crippen molar-refractivity contribution in [3.05, 3.63) is 84.0 Å². The second-order valence-electron chi connectivity index (χ2n) is 12.3. The highest BCUT2D eigenvalue weighted by Crippen LogP contribution is 2.36. The van der Waals surface area contributed by atoms with E-state index >= 15 is 0 Å². The van der Waals surface area contributed by atoms with Gasteiger partial charge in [0, 0.05) is 49.8 Å². The number of carbonyl (C=O) groups is 2. The Morgan fingerprint density at radius 2 is 1.96 bits per heavy atom. The van der Waals surface area contributed by atoms with E-state index in [1.165, 1.54) is 38.8 Å². The van der Waals surface area contributed by atoms with Crippen LogP contribution in [-0.4, -0.2) is 91.0 Å². The molecule has 264 valence electrons. The number of rotatable bonds is 11. The maximum atomic E-state index is 13.5. The number of nitrogens with zero attached hydrogens (tertiary/aromatic N) is 7. The third kappa shape index (κ3) is 8.35. The van der Waals surface area contributed by atoms with Gasteiger partial charge in [0.1, 0.15) is 23.6 Å². The second kappa shape index (κ2) is 14.8. The zero-order valence-electron chi connectivity index (χ0n) is 27.1. The van der Waals surface area contributed by atoms with Crippen molar-refractivity contribution >= 4 is 23.1 Å². The van der Waals surface area contributed by atoms with E-state index in [2.05, 4.69) is 20.5 Å². The Morgan fingerprint density at radius 3 is 2.68 bits per heavy atom. The molecule has 2 amide bonds. The standard InChI is InChI=1S/C34H35F5N8O3/c1-22-8-9-28(50-33(35)36)25(16-22)30-27(42-32(49)26-17-41-47-13-5-12-40-31(26)47)19-46(43-30)20-29(48)44-14-10-24(11-15-44)45(21-34(37,38)39)18-23-6-3-2-4-7-23/h3,5-9,12-13,16-17,19,24,33H,2,4,10-11,14-15,18,20-21H2,1H3,(H,42,49). The number of amides is 2. The first-order chi connectivity index (χ1) is 23.9. The number of nitrogens with one attached hydrogen (secondary N) is 1. The van der Waals surface area contributed by atoms with E-state index in [0.29, 0.717) is 18.4 Å². The number of aryl methyl sites for hydroxylation is 1. The molecule has 4 aromatic rings. The molecule has 6 rings (SSSR count). The van der Waals surface area contributed by atoms with Crippen LogP contribution in [0.3, 0.4) is 0 Å². The van der Waals surface area contributed by atoms with Crippen molar-refractivity contribution in [2.45, 2.75) is 58.0 Å². The van der Waals surface area contributed by atoms with E-state index in [9.17, 15) is 31.5 Å². The zero-order chi connectivity index (χ0) is 35.4. The summed E-state index contributed by atoms with van der Waals surface area (Å²) in [5.74, 6) is -1.11. The highest BCUT2D eigenvalue weighted by atomic mass is 19.4. The Morgan fingerprint density at radius 1 is 1.16 bits per heavy atom. The van der Waals surface area contributed by atoms with Gasteiger partial charge in [-0.05, 0) is 56.4 Å². The van der Waals surface area contributed by atoms with Crippen LogP contribution in [0.1, 0.15) is 41.6 Å². The molecule has 0 unspecified atom stereocenters. The Hall–Kier alpha value is -5.12. The van der Waals surface area contributed by atoms with E-state index < -0.39 is 25.2 Å². The molecule has 0 bridgehead atoms. The number of ether oxygens (including phenoxy) is 1. The molecule has 1 N–H and O–H groups in total. The van der Waals surface area contributed by atoms with Crippen molar-refractivity contribution in [3.63, 3.8) is 0 Å². The number of aromatic nitrogens is 5. The maximum Gasteiger partial charge on any atom is 0.401 e. The largest absolute Gasteiger partial charge is 0.434 e. The fraction of sp³-hybridized carbons (Fsp3) is 0.382. The third-order valence-electron chi connectivity index (χ3n) is 8.61. The Bertz CT molecular complexity index is 1910. The van der Waals surface area contributed by atoms with Crippen LogP contribution in [0.4, 0.5) is 27.6 Å². The number of piperidine rings is 1. The van der Waals surface area contributed by atoms with Crippen molar-refractivity contribution in [2.24, 2.45) is 0 Å². The topological polar surface area (TPSA) is 110 Å². The number of carbonyl (C=O) groups excluding carboxylic acids is 2. The molecule has 16 heteroatoms. The molecule has 50 heavy (non-hydrogen) atoms. The summed E-state index contributed by atoms with van der Waals surface area (Å²) in [5, 5.41) is 11.4. The van der Waals surface area contributed by atoms with Crippen LogP contribution >= 0.6 is 0 Å². The minimum atomic E-state index is -4.36. The lowest BCUT2D eigenvalue weighted by atomic mass is 10.0. The van der Waals surface area contributed by atoms with E-state index in [0.717, 1.165) is 18.4 Å². The van der Waals surface area contributed by atoms with E-state index in [-0.39, 0.29) is 72.0 Å². The summed E-state index contributed by atoms with van der Waals surface area (Å²) in [4.78, 5) is 34.1. The van der Waals surface area contributed by atoms with Gasteiger partial charge in [-0.25, -0.2) is 9.50 Å². The molecule has 1 aliphatic heterocycles. The summed E-state index contributed by atoms with van der Waals surface area (Å²) >= 11 is 0. The Kier molecular flexibility index (Phi) is 10.3. The smallest absolute Gasteiger partial charge is 0.401 e. The molecule has 0 radical (unpaired) electrons. The lowest BCUT2D eigenvalue weighted by molar-refractivity contribution is -0.153. The number of fused-ring (bicyclic) bond motifs is 1. The number of alkyl halides is 5. The molecule has 11 nitrogen and oxygen atoms in total. The van der Waals surface area contributed by atoms with Gasteiger partial charge in [0.25, 0.3) is 5.91 Å². The summed E-state index contributed by atoms with van der Waals surface area (Å²) < 4.78 is 74.8. The molecule has 1 fully saturated rings. The van der Waals surface area contributed by atoms with Gasteiger partial charge in [-0.1, -0.05) is 29.9 Å². The lowest BCUT2D eigenvalue weighted by Gasteiger charge is -2.39. The van der Waals surface area contributed by atoms with Gasteiger partial charge in [0.15, 0.2) is 5.65 Å². The summed E-state index contributed by atoms with van der Waals surface area (Å²) in [7, 11) is 0. The van der Waals surface area contributed by atoms with Gasteiger partial charge < -0.3 is 15.0 Å². The van der Waals surface area contributed by atoms with Crippen molar-refractivity contribution in [1.82, 2.24) is 34.2 Å². The molecule has 1 saturated heterocycles. The Labute approximate surface area is 284 Å². The molecule has 0 saturated carbocycles. The van der Waals surface area contributed by atoms with Crippen molar-refractivity contribution in [2.75, 3.05) is 31.5 Å². The predicted molar refractivity (Wildman–Crippen MR) is 174 cm³/mol. The monoisotopic (exact) mass is 698 g/mol. The van der Waals surface area contributed by atoms with Crippen LogP contribution in [0.25, 0.3) is 16.9 Å². The van der Waals surface area contributed by atoms with E-state index in [4.69, 9.17) is 4.74 Å². The minimum Gasteiger partial charge on any atom is -0.434 e. The second-order valence-corrected chi connectivity index (χ2v) is 12.3. The average Bonchev–Trinajstić information content (AvgIpc) is 3.69. The van der Waals surface area contributed by atoms with Gasteiger partial charge in [-0.3, -0.25) is 19.2 Å². The minimum absolute atomic E-state index is 0.0856. The fourth-order valence-corrected chi connectivity index (χ4v) is 6.28. The first kappa shape index (κ1) is 34.7. The number of anilines is 1. The first-order valence-electron chi connectivity index (χ1n) is 16.1. The number of halogens is 5. The van der Waals surface area contributed by atoms with Crippen LogP contribution < -0.4 is 10.1 Å². The fourth-order valence-electron chi connectivity index (χ4n) is 6.28. The predicted octanol–water partition coefficient (Wildman–Crippen LogP) is 5.89. The van der Waals surface area contributed by atoms with Crippen LogP contribution in [0, 0.1) is 6.92 Å². The third-order valence-corrected chi connectivity index (χ3v) is 8.61. The van der Waals surface area contributed by atoms with Crippen LogP contribution in [0.2, 0.25) is 0 Å². The van der Waals surface area contributed by atoms with Gasteiger partial charge in [-0.2, -0.15) is 32.1 Å². The summed E-state index contributed by atoms with van der Waals surface area (Å²) in [6, 6.07) is 5.83. The zero-order valence-corrected chi connectivity index (χ0v) is 27.1. The molecule has 3 aromatic heterocycles.